The van der Waals surface area contributed by atoms with Crippen molar-refractivity contribution in [1.82, 2.24) is 14.8 Å². The van der Waals surface area contributed by atoms with Gasteiger partial charge in [0.25, 0.3) is 0 Å². The number of aryl methyl sites for hydroxylation is 2. The molecule has 0 saturated heterocycles. The molecule has 1 aromatic rings. The second-order valence-corrected chi connectivity index (χ2v) is 5.18. The monoisotopic (exact) mass is 251 g/mol. The Morgan fingerprint density at radius 1 is 1.33 bits per heavy atom. The van der Waals surface area contributed by atoms with Crippen molar-refractivity contribution in [1.29, 1.82) is 0 Å². The number of rotatable bonds is 4. The average molecular weight is 251 g/mol. The van der Waals surface area contributed by atoms with Crippen molar-refractivity contribution in [2.45, 2.75) is 52.5 Å². The highest BCUT2D eigenvalue weighted by molar-refractivity contribution is 5.69. The number of hydrogen-bond acceptors (Lipinski definition) is 3. The summed E-state index contributed by atoms with van der Waals surface area (Å²) in [5.41, 5.74) is 0. The zero-order valence-electron chi connectivity index (χ0n) is 11.1. The van der Waals surface area contributed by atoms with Crippen molar-refractivity contribution in [3.05, 3.63) is 11.6 Å². The van der Waals surface area contributed by atoms with Crippen LogP contribution in [0, 0.1) is 18.8 Å². The highest BCUT2D eigenvalue weighted by Gasteiger charge is 2.26. The maximum atomic E-state index is 10.9. The van der Waals surface area contributed by atoms with Crippen LogP contribution in [-0.2, 0) is 17.8 Å². The Hall–Kier alpha value is -1.39. The zero-order chi connectivity index (χ0) is 13.1. The van der Waals surface area contributed by atoms with Gasteiger partial charge in [-0.05, 0) is 38.5 Å². The van der Waals surface area contributed by atoms with E-state index in [1.54, 1.807) is 0 Å². The van der Waals surface area contributed by atoms with E-state index in [0.29, 0.717) is 5.92 Å². The molecule has 0 atom stereocenters. The minimum absolute atomic E-state index is 0.131. The Balaban J connectivity index is 1.95. The van der Waals surface area contributed by atoms with Gasteiger partial charge in [0.1, 0.15) is 11.6 Å². The van der Waals surface area contributed by atoms with Crippen LogP contribution in [0.3, 0.4) is 0 Å². The molecule has 1 saturated carbocycles. The van der Waals surface area contributed by atoms with E-state index < -0.39 is 5.97 Å². The number of carbonyl (C=O) groups is 1. The molecule has 5 heteroatoms. The first kappa shape index (κ1) is 13.1. The molecule has 100 valence electrons. The zero-order valence-corrected chi connectivity index (χ0v) is 11.1. The fraction of sp³-hybridized carbons (Fsp3) is 0.769. The predicted molar refractivity (Wildman–Crippen MR) is 67.2 cm³/mol. The lowest BCUT2D eigenvalue weighted by molar-refractivity contribution is -0.143. The van der Waals surface area contributed by atoms with Crippen LogP contribution in [0.25, 0.3) is 0 Å². The number of aliphatic carboxylic acids is 1. The third kappa shape index (κ3) is 2.71. The molecule has 0 spiro atoms. The molecular formula is C13H21N3O2. The molecule has 1 aliphatic carbocycles. The molecule has 0 aromatic carbocycles. The van der Waals surface area contributed by atoms with Crippen molar-refractivity contribution in [3.8, 4) is 0 Å². The highest BCUT2D eigenvalue weighted by Crippen LogP contribution is 2.30. The molecule has 0 bridgehead atoms. The lowest BCUT2D eigenvalue weighted by Crippen LogP contribution is -2.24. The topological polar surface area (TPSA) is 68.0 Å². The second-order valence-electron chi connectivity index (χ2n) is 5.18. The summed E-state index contributed by atoms with van der Waals surface area (Å²) in [5, 5.41) is 17.3. The van der Waals surface area contributed by atoms with E-state index in [1.807, 2.05) is 6.92 Å². The van der Waals surface area contributed by atoms with Crippen LogP contribution >= 0.6 is 0 Å². The quantitative estimate of drug-likeness (QED) is 0.889. The molecule has 1 heterocycles. The third-order valence-corrected chi connectivity index (χ3v) is 3.97. The Morgan fingerprint density at radius 2 is 2.00 bits per heavy atom. The second kappa shape index (κ2) is 5.50. The third-order valence-electron chi connectivity index (χ3n) is 3.97. The summed E-state index contributed by atoms with van der Waals surface area (Å²) in [4.78, 5) is 10.9. The SMILES string of the molecule is CCc1nnc(C)n1CC1CCC(C(=O)O)CC1. The van der Waals surface area contributed by atoms with E-state index in [2.05, 4.69) is 21.7 Å². The van der Waals surface area contributed by atoms with Crippen LogP contribution in [0.2, 0.25) is 0 Å². The standard InChI is InChI=1S/C13H21N3O2/c1-3-12-15-14-9(2)16(12)8-10-4-6-11(7-5-10)13(17)18/h10-11H,3-8H2,1-2H3,(H,17,18). The molecule has 0 aliphatic heterocycles. The van der Waals surface area contributed by atoms with Gasteiger partial charge in [0.05, 0.1) is 5.92 Å². The van der Waals surface area contributed by atoms with Crippen molar-refractivity contribution in [2.24, 2.45) is 11.8 Å². The molecule has 1 aromatic heterocycles. The van der Waals surface area contributed by atoms with Gasteiger partial charge in [0.2, 0.25) is 0 Å². The van der Waals surface area contributed by atoms with E-state index in [1.165, 1.54) is 0 Å². The summed E-state index contributed by atoms with van der Waals surface area (Å²) in [6, 6.07) is 0. The van der Waals surface area contributed by atoms with Crippen molar-refractivity contribution >= 4 is 5.97 Å². The smallest absolute Gasteiger partial charge is 0.306 e. The summed E-state index contributed by atoms with van der Waals surface area (Å²) in [6.45, 7) is 5.00. The Bertz CT molecular complexity index is 420. The van der Waals surface area contributed by atoms with Crippen molar-refractivity contribution in [2.75, 3.05) is 0 Å². The molecule has 0 radical (unpaired) electrons. The molecule has 5 nitrogen and oxygen atoms in total. The van der Waals surface area contributed by atoms with Gasteiger partial charge in [-0.3, -0.25) is 4.79 Å². The van der Waals surface area contributed by atoms with E-state index in [4.69, 9.17) is 5.11 Å². The van der Waals surface area contributed by atoms with Gasteiger partial charge in [-0.25, -0.2) is 0 Å². The van der Waals surface area contributed by atoms with Crippen LogP contribution in [0.15, 0.2) is 0 Å². The van der Waals surface area contributed by atoms with Gasteiger partial charge in [-0.15, -0.1) is 10.2 Å². The summed E-state index contributed by atoms with van der Waals surface area (Å²) in [7, 11) is 0. The normalized spacial score (nSPS) is 24.1. The molecule has 2 rings (SSSR count). The predicted octanol–water partition coefficient (Wildman–Crippen LogP) is 2.04. The lowest BCUT2D eigenvalue weighted by Gasteiger charge is -2.26. The minimum atomic E-state index is -0.636. The molecule has 18 heavy (non-hydrogen) atoms. The van der Waals surface area contributed by atoms with E-state index >= 15 is 0 Å². The van der Waals surface area contributed by atoms with Crippen LogP contribution in [0.4, 0.5) is 0 Å². The van der Waals surface area contributed by atoms with Gasteiger partial charge < -0.3 is 9.67 Å². The molecule has 0 amide bonds. The maximum absolute atomic E-state index is 10.9. The van der Waals surface area contributed by atoms with Gasteiger partial charge in [-0.2, -0.15) is 0 Å². The Labute approximate surface area is 107 Å². The van der Waals surface area contributed by atoms with Gasteiger partial charge in [0, 0.05) is 13.0 Å². The van der Waals surface area contributed by atoms with Crippen LogP contribution in [-0.4, -0.2) is 25.8 Å². The molecule has 1 aliphatic rings. The Morgan fingerprint density at radius 3 is 2.56 bits per heavy atom. The molecular weight excluding hydrogens is 230 g/mol. The average Bonchev–Trinajstić information content (AvgIpc) is 2.71. The van der Waals surface area contributed by atoms with Crippen molar-refractivity contribution < 1.29 is 9.90 Å². The van der Waals surface area contributed by atoms with E-state index in [-0.39, 0.29) is 5.92 Å². The summed E-state index contributed by atoms with van der Waals surface area (Å²) >= 11 is 0. The van der Waals surface area contributed by atoms with Gasteiger partial charge in [-0.1, -0.05) is 6.92 Å². The van der Waals surface area contributed by atoms with Crippen molar-refractivity contribution in [3.63, 3.8) is 0 Å². The Kier molecular flexibility index (Phi) is 3.99. The number of carboxylic acid groups (broad SMARTS) is 1. The first-order chi connectivity index (χ1) is 8.61. The van der Waals surface area contributed by atoms with Gasteiger partial charge >= 0.3 is 5.97 Å². The van der Waals surface area contributed by atoms with Crippen LogP contribution in [0.5, 0.6) is 0 Å². The largest absolute Gasteiger partial charge is 0.481 e. The van der Waals surface area contributed by atoms with E-state index in [9.17, 15) is 4.79 Å². The summed E-state index contributed by atoms with van der Waals surface area (Å²) < 4.78 is 2.19. The summed E-state index contributed by atoms with van der Waals surface area (Å²) in [6.07, 6.45) is 4.51. The first-order valence-electron chi connectivity index (χ1n) is 6.73. The number of nitrogens with zero attached hydrogens (tertiary/aromatic N) is 3. The fourth-order valence-corrected chi connectivity index (χ4v) is 2.77. The molecule has 0 unspecified atom stereocenters. The lowest BCUT2D eigenvalue weighted by atomic mass is 9.82. The first-order valence-corrected chi connectivity index (χ1v) is 6.73. The fourth-order valence-electron chi connectivity index (χ4n) is 2.77. The van der Waals surface area contributed by atoms with Gasteiger partial charge in [0.15, 0.2) is 0 Å². The van der Waals surface area contributed by atoms with Crippen LogP contribution < -0.4 is 0 Å². The number of hydrogen-bond donors (Lipinski definition) is 1. The highest BCUT2D eigenvalue weighted by atomic mass is 16.4. The number of aromatic nitrogens is 3. The van der Waals surface area contributed by atoms with E-state index in [0.717, 1.165) is 50.3 Å². The summed E-state index contributed by atoms with van der Waals surface area (Å²) in [5.74, 6) is 1.80. The minimum Gasteiger partial charge on any atom is -0.481 e. The molecule has 1 N–H and O–H groups in total. The molecule has 1 fully saturated rings. The maximum Gasteiger partial charge on any atom is 0.306 e. The number of carboxylic acids is 1. The van der Waals surface area contributed by atoms with Crippen LogP contribution in [0.1, 0.15) is 44.3 Å².